The van der Waals surface area contributed by atoms with Crippen LogP contribution in [0.1, 0.15) is 42.2 Å². The summed E-state index contributed by atoms with van der Waals surface area (Å²) in [6, 6.07) is 11.5. The molecule has 0 bridgehead atoms. The van der Waals surface area contributed by atoms with E-state index >= 15 is 0 Å². The fraction of sp³-hybridized carbons (Fsp3) is 0.450. The van der Waals surface area contributed by atoms with Crippen molar-refractivity contribution in [3.05, 3.63) is 47.7 Å². The van der Waals surface area contributed by atoms with E-state index in [1.807, 2.05) is 48.2 Å². The van der Waals surface area contributed by atoms with E-state index in [-0.39, 0.29) is 12.0 Å². The summed E-state index contributed by atoms with van der Waals surface area (Å²) in [7, 11) is 0. The molecule has 1 atom stereocenters. The Bertz CT molecular complexity index is 715. The Morgan fingerprint density at radius 2 is 2.16 bits per heavy atom. The number of amides is 1. The summed E-state index contributed by atoms with van der Waals surface area (Å²) in [5.74, 6) is 0.0618. The van der Waals surface area contributed by atoms with E-state index in [1.54, 1.807) is 0 Å². The van der Waals surface area contributed by atoms with Crippen LogP contribution in [-0.4, -0.2) is 46.8 Å². The molecule has 132 valence electrons. The van der Waals surface area contributed by atoms with Gasteiger partial charge in [0.25, 0.3) is 5.91 Å². The number of aromatic nitrogens is 2. The second-order valence-corrected chi connectivity index (χ2v) is 6.53. The summed E-state index contributed by atoms with van der Waals surface area (Å²) in [6.07, 6.45) is 3.18. The van der Waals surface area contributed by atoms with Crippen molar-refractivity contribution in [1.29, 1.82) is 0 Å². The van der Waals surface area contributed by atoms with Gasteiger partial charge in [0.1, 0.15) is 0 Å². The van der Waals surface area contributed by atoms with Crippen LogP contribution in [0.4, 0.5) is 0 Å². The third-order valence-corrected chi connectivity index (χ3v) is 4.43. The van der Waals surface area contributed by atoms with E-state index in [0.717, 1.165) is 49.4 Å². The number of hydrogen-bond donors (Lipinski definition) is 0. The summed E-state index contributed by atoms with van der Waals surface area (Å²) < 4.78 is 5.84. The van der Waals surface area contributed by atoms with Crippen LogP contribution >= 0.6 is 0 Å². The highest BCUT2D eigenvalue weighted by atomic mass is 16.5. The maximum Gasteiger partial charge on any atom is 0.253 e. The summed E-state index contributed by atoms with van der Waals surface area (Å²) in [6.45, 7) is 6.23. The molecule has 1 fully saturated rings. The normalized spacial score (nSPS) is 17.5. The van der Waals surface area contributed by atoms with Crippen LogP contribution in [0, 0.1) is 6.92 Å². The molecule has 0 aliphatic carbocycles. The highest BCUT2D eigenvalue weighted by molar-refractivity contribution is 5.95. The molecule has 0 unspecified atom stereocenters. The first-order valence-corrected chi connectivity index (χ1v) is 8.99. The van der Waals surface area contributed by atoms with Gasteiger partial charge in [-0.3, -0.25) is 4.79 Å². The molecule has 5 nitrogen and oxygen atoms in total. The molecule has 2 aromatic rings. The summed E-state index contributed by atoms with van der Waals surface area (Å²) >= 11 is 0. The Balaban J connectivity index is 1.73. The molecule has 1 aromatic carbocycles. The molecule has 5 heteroatoms. The van der Waals surface area contributed by atoms with Crippen LogP contribution in [0.3, 0.4) is 0 Å². The molecule has 3 rings (SSSR count). The third-order valence-electron chi connectivity index (χ3n) is 4.43. The number of nitrogens with zero attached hydrogens (tertiary/aromatic N) is 3. The lowest BCUT2D eigenvalue weighted by molar-refractivity contribution is 0.00211. The van der Waals surface area contributed by atoms with Gasteiger partial charge in [-0.2, -0.15) is 10.2 Å². The van der Waals surface area contributed by atoms with Crippen molar-refractivity contribution >= 4 is 5.91 Å². The molecular formula is C20H25N3O2. The van der Waals surface area contributed by atoms with Gasteiger partial charge < -0.3 is 9.64 Å². The van der Waals surface area contributed by atoms with Gasteiger partial charge >= 0.3 is 0 Å². The molecule has 1 saturated heterocycles. The third kappa shape index (κ3) is 4.42. The topological polar surface area (TPSA) is 55.3 Å². The quantitative estimate of drug-likeness (QED) is 0.837. The molecule has 1 aliphatic heterocycles. The molecule has 0 spiro atoms. The lowest BCUT2D eigenvalue weighted by Gasteiger charge is -2.32. The first-order chi connectivity index (χ1) is 12.2. The fourth-order valence-corrected chi connectivity index (χ4v) is 3.09. The van der Waals surface area contributed by atoms with E-state index in [2.05, 4.69) is 17.1 Å². The first kappa shape index (κ1) is 17.5. The Labute approximate surface area is 149 Å². The van der Waals surface area contributed by atoms with E-state index < -0.39 is 0 Å². The summed E-state index contributed by atoms with van der Waals surface area (Å²) in [5.41, 5.74) is 3.26. The highest BCUT2D eigenvalue weighted by Gasteiger charge is 2.25. The largest absolute Gasteiger partial charge is 0.376 e. The number of ether oxygens (including phenoxy) is 1. The second kappa shape index (κ2) is 8.21. The number of benzene rings is 1. The predicted molar refractivity (Wildman–Crippen MR) is 97.4 cm³/mol. The van der Waals surface area contributed by atoms with Crippen molar-refractivity contribution in [3.8, 4) is 11.3 Å². The van der Waals surface area contributed by atoms with E-state index in [0.29, 0.717) is 12.1 Å². The number of piperidine rings is 1. The molecule has 1 aliphatic rings. The zero-order valence-corrected chi connectivity index (χ0v) is 14.9. The minimum absolute atomic E-state index is 0.0618. The van der Waals surface area contributed by atoms with Crippen LogP contribution in [0.2, 0.25) is 0 Å². The van der Waals surface area contributed by atoms with Crippen LogP contribution < -0.4 is 0 Å². The zero-order chi connectivity index (χ0) is 17.6. The van der Waals surface area contributed by atoms with Gasteiger partial charge in [0.15, 0.2) is 0 Å². The summed E-state index contributed by atoms with van der Waals surface area (Å²) in [5, 5.41) is 8.31. The van der Waals surface area contributed by atoms with E-state index in [1.165, 1.54) is 0 Å². The Morgan fingerprint density at radius 1 is 1.28 bits per heavy atom. The average Bonchev–Trinajstić information content (AvgIpc) is 2.66. The molecule has 0 N–H and O–H groups in total. The van der Waals surface area contributed by atoms with Crippen molar-refractivity contribution in [2.45, 2.75) is 39.2 Å². The van der Waals surface area contributed by atoms with Crippen LogP contribution in [-0.2, 0) is 4.74 Å². The predicted octanol–water partition coefficient (Wildman–Crippen LogP) is 3.48. The molecule has 25 heavy (non-hydrogen) atoms. The smallest absolute Gasteiger partial charge is 0.253 e. The van der Waals surface area contributed by atoms with E-state index in [4.69, 9.17) is 4.74 Å². The minimum atomic E-state index is 0.0618. The lowest BCUT2D eigenvalue weighted by atomic mass is 10.0. The molecule has 1 amide bonds. The second-order valence-electron chi connectivity index (χ2n) is 6.53. The fourth-order valence-electron chi connectivity index (χ4n) is 3.09. The van der Waals surface area contributed by atoms with Crippen molar-refractivity contribution < 1.29 is 9.53 Å². The number of carbonyl (C=O) groups excluding carboxylic acids is 1. The van der Waals surface area contributed by atoms with Crippen molar-refractivity contribution in [2.75, 3.05) is 19.7 Å². The Kier molecular flexibility index (Phi) is 5.76. The number of aryl methyl sites for hydroxylation is 1. The van der Waals surface area contributed by atoms with Crippen molar-refractivity contribution in [2.24, 2.45) is 0 Å². The molecular weight excluding hydrogens is 314 g/mol. The average molecular weight is 339 g/mol. The van der Waals surface area contributed by atoms with Gasteiger partial charge in [0, 0.05) is 30.8 Å². The van der Waals surface area contributed by atoms with Crippen LogP contribution in [0.5, 0.6) is 0 Å². The maximum atomic E-state index is 12.9. The van der Waals surface area contributed by atoms with Gasteiger partial charge in [-0.15, -0.1) is 0 Å². The van der Waals surface area contributed by atoms with Crippen LogP contribution in [0.25, 0.3) is 11.3 Å². The lowest BCUT2D eigenvalue weighted by Crippen LogP contribution is -2.43. The number of carbonyl (C=O) groups is 1. The molecule has 0 saturated carbocycles. The maximum absolute atomic E-state index is 12.9. The highest BCUT2D eigenvalue weighted by Crippen LogP contribution is 2.21. The van der Waals surface area contributed by atoms with Crippen molar-refractivity contribution in [1.82, 2.24) is 15.1 Å². The van der Waals surface area contributed by atoms with Gasteiger partial charge in [-0.05, 0) is 50.5 Å². The standard InChI is InChI=1S/C20H25N3O2/c1-3-12-25-18-8-5-11-23(14-18)20(24)17-7-4-6-16(13-17)19-10-9-15(2)21-22-19/h4,6-7,9-10,13,18H,3,5,8,11-12,14H2,1-2H3/t18-/m1/s1. The van der Waals surface area contributed by atoms with Gasteiger partial charge in [0.2, 0.25) is 0 Å². The van der Waals surface area contributed by atoms with Crippen molar-refractivity contribution in [3.63, 3.8) is 0 Å². The SMILES string of the molecule is CCCO[C@@H]1CCCN(C(=O)c2cccc(-c3ccc(C)nn3)c2)C1. The van der Waals surface area contributed by atoms with Gasteiger partial charge in [0.05, 0.1) is 17.5 Å². The Hall–Kier alpha value is -2.27. The molecule has 2 heterocycles. The van der Waals surface area contributed by atoms with E-state index in [9.17, 15) is 4.79 Å². The first-order valence-electron chi connectivity index (χ1n) is 8.99. The summed E-state index contributed by atoms with van der Waals surface area (Å²) in [4.78, 5) is 14.8. The minimum Gasteiger partial charge on any atom is -0.376 e. The monoisotopic (exact) mass is 339 g/mol. The van der Waals surface area contributed by atoms with Gasteiger partial charge in [-0.1, -0.05) is 19.1 Å². The van der Waals surface area contributed by atoms with Gasteiger partial charge in [-0.25, -0.2) is 0 Å². The molecule has 0 radical (unpaired) electrons. The van der Waals surface area contributed by atoms with Crippen LogP contribution in [0.15, 0.2) is 36.4 Å². The number of hydrogen-bond acceptors (Lipinski definition) is 4. The molecule has 1 aromatic heterocycles. The number of rotatable bonds is 5. The zero-order valence-electron chi connectivity index (χ0n) is 14.9. The number of likely N-dealkylation sites (tertiary alicyclic amines) is 1. The Morgan fingerprint density at radius 3 is 2.92 bits per heavy atom.